The van der Waals surface area contributed by atoms with Crippen molar-refractivity contribution >= 4 is 29.3 Å². The molecule has 0 fully saturated rings. The molecule has 0 aliphatic rings. The third-order valence-corrected chi connectivity index (χ3v) is 4.53. The second-order valence-electron chi connectivity index (χ2n) is 5.62. The number of ether oxygens (including phenoxy) is 1. The zero-order valence-electron chi connectivity index (χ0n) is 14.2. The van der Waals surface area contributed by atoms with Crippen molar-refractivity contribution in [2.24, 2.45) is 0 Å². The lowest BCUT2D eigenvalue weighted by atomic mass is 10.1. The Bertz CT molecular complexity index is 761. The molecule has 1 amide bonds. The summed E-state index contributed by atoms with van der Waals surface area (Å²) in [5.41, 5.74) is 3.59. The number of carboxylic acid groups (broad SMARTS) is 1. The zero-order valence-corrected chi connectivity index (χ0v) is 15.1. The highest BCUT2D eigenvalue weighted by Crippen LogP contribution is 2.20. The van der Waals surface area contributed by atoms with Crippen LogP contribution in [0.15, 0.2) is 42.5 Å². The molecule has 0 bridgehead atoms. The lowest BCUT2D eigenvalue weighted by Crippen LogP contribution is -2.14. The number of benzene rings is 2. The quantitative estimate of drug-likeness (QED) is 0.754. The van der Waals surface area contributed by atoms with Gasteiger partial charge in [-0.05, 0) is 41.8 Å². The summed E-state index contributed by atoms with van der Waals surface area (Å²) in [5, 5.41) is 11.5. The minimum absolute atomic E-state index is 0.0614. The van der Waals surface area contributed by atoms with Gasteiger partial charge in [0.25, 0.3) is 0 Å². The molecule has 25 heavy (non-hydrogen) atoms. The normalized spacial score (nSPS) is 10.3. The summed E-state index contributed by atoms with van der Waals surface area (Å²) < 4.78 is 5.28. The van der Waals surface area contributed by atoms with Crippen molar-refractivity contribution in [2.75, 3.05) is 18.2 Å². The molecule has 6 heteroatoms. The third-order valence-electron chi connectivity index (χ3n) is 3.54. The summed E-state index contributed by atoms with van der Waals surface area (Å²) in [4.78, 5) is 22.8. The van der Waals surface area contributed by atoms with Crippen LogP contribution >= 0.6 is 11.8 Å². The fraction of sp³-hybridized carbons (Fsp3) is 0.263. The van der Waals surface area contributed by atoms with Crippen LogP contribution < -0.4 is 10.1 Å². The molecule has 0 atom stereocenters. The van der Waals surface area contributed by atoms with Crippen LogP contribution in [0.2, 0.25) is 0 Å². The summed E-state index contributed by atoms with van der Waals surface area (Å²) >= 11 is 1.32. The zero-order chi connectivity index (χ0) is 18.2. The molecule has 2 aromatic carbocycles. The Morgan fingerprint density at radius 3 is 2.68 bits per heavy atom. The van der Waals surface area contributed by atoms with Crippen molar-refractivity contribution in [3.63, 3.8) is 0 Å². The van der Waals surface area contributed by atoms with Gasteiger partial charge in [-0.2, -0.15) is 0 Å². The van der Waals surface area contributed by atoms with Gasteiger partial charge >= 0.3 is 5.97 Å². The molecule has 0 aliphatic heterocycles. The van der Waals surface area contributed by atoms with Crippen LogP contribution in [-0.4, -0.2) is 29.8 Å². The summed E-state index contributed by atoms with van der Waals surface area (Å²) in [6, 6.07) is 13.2. The summed E-state index contributed by atoms with van der Waals surface area (Å²) in [6.07, 6.45) is 0.259. The Hall–Kier alpha value is -2.47. The van der Waals surface area contributed by atoms with Crippen LogP contribution in [0.3, 0.4) is 0 Å². The van der Waals surface area contributed by atoms with E-state index in [0.717, 1.165) is 22.4 Å². The first-order valence-corrected chi connectivity index (χ1v) is 8.95. The van der Waals surface area contributed by atoms with Gasteiger partial charge in [0, 0.05) is 11.4 Å². The van der Waals surface area contributed by atoms with E-state index in [4.69, 9.17) is 9.84 Å². The average Bonchev–Trinajstić information content (AvgIpc) is 2.56. The molecule has 0 radical (unpaired) electrons. The number of methoxy groups -OCH3 is 1. The molecule has 2 N–H and O–H groups in total. The minimum atomic E-state index is -0.831. The van der Waals surface area contributed by atoms with Gasteiger partial charge in [-0.3, -0.25) is 9.59 Å². The number of amides is 1. The first-order valence-electron chi connectivity index (χ1n) is 7.80. The number of aryl methyl sites for hydroxylation is 1. The number of rotatable bonds is 8. The van der Waals surface area contributed by atoms with Gasteiger partial charge < -0.3 is 15.2 Å². The Morgan fingerprint density at radius 1 is 1.16 bits per heavy atom. The van der Waals surface area contributed by atoms with E-state index >= 15 is 0 Å². The number of aliphatic carboxylic acids is 1. The van der Waals surface area contributed by atoms with Crippen LogP contribution in [0.25, 0.3) is 0 Å². The van der Waals surface area contributed by atoms with Gasteiger partial charge in [0.15, 0.2) is 0 Å². The number of anilines is 1. The van der Waals surface area contributed by atoms with E-state index in [1.807, 2.05) is 49.4 Å². The number of hydrogen-bond acceptors (Lipinski definition) is 4. The topological polar surface area (TPSA) is 75.6 Å². The molecule has 0 spiro atoms. The highest BCUT2D eigenvalue weighted by molar-refractivity contribution is 7.99. The van der Waals surface area contributed by atoms with E-state index in [1.54, 1.807) is 7.11 Å². The molecule has 0 saturated carbocycles. The Morgan fingerprint density at radius 2 is 1.96 bits per heavy atom. The van der Waals surface area contributed by atoms with Gasteiger partial charge in [0.2, 0.25) is 5.91 Å². The number of carbonyl (C=O) groups is 2. The Labute approximate surface area is 151 Å². The lowest BCUT2D eigenvalue weighted by Gasteiger charge is -2.09. The van der Waals surface area contributed by atoms with E-state index in [2.05, 4.69) is 5.32 Å². The van der Waals surface area contributed by atoms with Crippen molar-refractivity contribution in [2.45, 2.75) is 19.1 Å². The molecule has 0 unspecified atom stereocenters. The summed E-state index contributed by atoms with van der Waals surface area (Å²) in [5.74, 6) is 0.476. The van der Waals surface area contributed by atoms with Crippen LogP contribution in [-0.2, 0) is 21.8 Å². The maximum atomic E-state index is 12.2. The van der Waals surface area contributed by atoms with Gasteiger partial charge in [0.1, 0.15) is 5.75 Å². The molecule has 132 valence electrons. The number of carboxylic acids is 1. The molecule has 0 aliphatic carbocycles. The van der Waals surface area contributed by atoms with Crippen molar-refractivity contribution in [3.05, 3.63) is 59.2 Å². The molecule has 2 aromatic rings. The van der Waals surface area contributed by atoms with E-state index in [9.17, 15) is 9.59 Å². The van der Waals surface area contributed by atoms with Crippen LogP contribution in [0.4, 0.5) is 5.69 Å². The maximum absolute atomic E-state index is 12.2. The van der Waals surface area contributed by atoms with Crippen LogP contribution in [0, 0.1) is 6.92 Å². The van der Waals surface area contributed by atoms with Crippen molar-refractivity contribution in [3.8, 4) is 5.75 Å². The number of thioether (sulfide) groups is 1. The molecular formula is C19H21NO4S. The second-order valence-corrected chi connectivity index (χ2v) is 6.60. The molecule has 0 heterocycles. The second kappa shape index (κ2) is 9.13. The monoisotopic (exact) mass is 359 g/mol. The van der Waals surface area contributed by atoms with Crippen LogP contribution in [0.1, 0.15) is 16.7 Å². The van der Waals surface area contributed by atoms with E-state index in [0.29, 0.717) is 11.4 Å². The first kappa shape index (κ1) is 18.9. The van der Waals surface area contributed by atoms with Crippen molar-refractivity contribution < 1.29 is 19.4 Å². The number of hydrogen-bond donors (Lipinski definition) is 2. The highest BCUT2D eigenvalue weighted by Gasteiger charge is 2.07. The van der Waals surface area contributed by atoms with Gasteiger partial charge in [-0.25, -0.2) is 0 Å². The maximum Gasteiger partial charge on any atom is 0.313 e. The Balaban J connectivity index is 1.95. The smallest absolute Gasteiger partial charge is 0.313 e. The van der Waals surface area contributed by atoms with Gasteiger partial charge in [-0.15, -0.1) is 11.8 Å². The number of carbonyl (C=O) groups excluding carboxylic acids is 1. The SMILES string of the molecule is COc1cc(CC(=O)Nc2cccc(CSCC(=O)O)c2)ccc1C. The lowest BCUT2D eigenvalue weighted by molar-refractivity contribution is -0.133. The highest BCUT2D eigenvalue weighted by atomic mass is 32.2. The number of nitrogens with one attached hydrogen (secondary N) is 1. The molecule has 0 saturated heterocycles. The third kappa shape index (κ3) is 6.15. The van der Waals surface area contributed by atoms with E-state index in [1.165, 1.54) is 11.8 Å². The fourth-order valence-electron chi connectivity index (χ4n) is 2.36. The molecule has 2 rings (SSSR count). The predicted molar refractivity (Wildman–Crippen MR) is 100 cm³/mol. The minimum Gasteiger partial charge on any atom is -0.496 e. The standard InChI is InChI=1S/C19H21NO4S/c1-13-6-7-14(9-17(13)24-2)10-18(21)20-16-5-3-4-15(8-16)11-25-12-19(22)23/h3-9H,10-12H2,1-2H3,(H,20,21)(H,22,23). The van der Waals surface area contributed by atoms with Gasteiger partial charge in [0.05, 0.1) is 19.3 Å². The summed E-state index contributed by atoms with van der Waals surface area (Å²) in [6.45, 7) is 1.95. The van der Waals surface area contributed by atoms with Gasteiger partial charge in [-0.1, -0.05) is 24.3 Å². The molecule has 5 nitrogen and oxygen atoms in total. The average molecular weight is 359 g/mol. The fourth-order valence-corrected chi connectivity index (χ4v) is 3.05. The summed E-state index contributed by atoms with van der Waals surface area (Å²) in [7, 11) is 1.61. The predicted octanol–water partition coefficient (Wildman–Crippen LogP) is 3.50. The van der Waals surface area contributed by atoms with Crippen molar-refractivity contribution in [1.82, 2.24) is 0 Å². The van der Waals surface area contributed by atoms with E-state index in [-0.39, 0.29) is 18.1 Å². The molecular weight excluding hydrogens is 338 g/mol. The largest absolute Gasteiger partial charge is 0.496 e. The van der Waals surface area contributed by atoms with Crippen molar-refractivity contribution in [1.29, 1.82) is 0 Å². The first-order chi connectivity index (χ1) is 12.0. The van der Waals surface area contributed by atoms with Crippen LogP contribution in [0.5, 0.6) is 5.75 Å². The molecule has 0 aromatic heterocycles. The van der Waals surface area contributed by atoms with E-state index < -0.39 is 5.97 Å². The Kier molecular flexibility index (Phi) is 6.89.